The Morgan fingerprint density at radius 1 is 1.50 bits per heavy atom. The van der Waals surface area contributed by atoms with E-state index in [1.165, 1.54) is 0 Å². The van der Waals surface area contributed by atoms with E-state index in [1.54, 1.807) is 0 Å². The van der Waals surface area contributed by atoms with E-state index < -0.39 is 11.0 Å². The molecule has 11 heteroatoms. The normalized spacial score (nSPS) is 9.61. The fourth-order valence-electron chi connectivity index (χ4n) is 1.08. The zero-order chi connectivity index (χ0) is 13.5. The maximum Gasteiger partial charge on any atom is 0.329 e. The molecule has 0 aromatic carbocycles. The van der Waals surface area contributed by atoms with Crippen molar-refractivity contribution < 1.29 is 9.72 Å². The van der Waals surface area contributed by atoms with E-state index in [0.717, 1.165) is 6.20 Å². The van der Waals surface area contributed by atoms with Crippen molar-refractivity contribution in [1.82, 2.24) is 15.3 Å². The molecule has 0 aliphatic heterocycles. The second-order valence-electron chi connectivity index (χ2n) is 3.05. The number of primary amides is 1. The fourth-order valence-corrected chi connectivity index (χ4v) is 1.08. The topological polar surface area (TPSA) is 174 Å². The predicted octanol–water partition coefficient (Wildman–Crippen LogP) is -1.25. The molecule has 2 amide bonds. The van der Waals surface area contributed by atoms with Gasteiger partial charge in [0.15, 0.2) is 0 Å². The third kappa shape index (κ3) is 3.71. The third-order valence-corrected chi connectivity index (χ3v) is 1.81. The SMILES string of the molecule is NNc1ncc([N+](=O)[O-])c(NCCNC(N)=O)n1. The number of carbonyl (C=O) groups excluding carboxylic acids is 1. The molecule has 0 saturated carbocycles. The van der Waals surface area contributed by atoms with Gasteiger partial charge in [-0.15, -0.1) is 0 Å². The molecule has 1 rings (SSSR count). The molecule has 98 valence electrons. The van der Waals surface area contributed by atoms with Gasteiger partial charge in [0.05, 0.1) is 4.92 Å². The molecular weight excluding hydrogens is 244 g/mol. The maximum absolute atomic E-state index is 10.7. The Hall–Kier alpha value is -2.69. The Morgan fingerprint density at radius 2 is 2.22 bits per heavy atom. The Balaban J connectivity index is 2.71. The van der Waals surface area contributed by atoms with Gasteiger partial charge in [-0.25, -0.2) is 15.6 Å². The molecule has 1 aromatic rings. The fraction of sp³-hybridized carbons (Fsp3) is 0.286. The van der Waals surface area contributed by atoms with Crippen molar-refractivity contribution >= 4 is 23.5 Å². The van der Waals surface area contributed by atoms with Crippen LogP contribution >= 0.6 is 0 Å². The summed E-state index contributed by atoms with van der Waals surface area (Å²) in [5.74, 6) is 5.12. The summed E-state index contributed by atoms with van der Waals surface area (Å²) in [6, 6.07) is -0.682. The van der Waals surface area contributed by atoms with Crippen LogP contribution in [0.3, 0.4) is 0 Å². The number of anilines is 2. The zero-order valence-corrected chi connectivity index (χ0v) is 9.21. The van der Waals surface area contributed by atoms with Gasteiger partial charge >= 0.3 is 11.7 Å². The van der Waals surface area contributed by atoms with Crippen LogP contribution in [0, 0.1) is 10.1 Å². The molecule has 11 nitrogen and oxygen atoms in total. The van der Waals surface area contributed by atoms with Crippen LogP contribution in [0.25, 0.3) is 0 Å². The highest BCUT2D eigenvalue weighted by atomic mass is 16.6. The number of amides is 2. The Labute approximate surface area is 101 Å². The predicted molar refractivity (Wildman–Crippen MR) is 62.6 cm³/mol. The van der Waals surface area contributed by atoms with Gasteiger partial charge in [0.25, 0.3) is 0 Å². The molecule has 0 fully saturated rings. The van der Waals surface area contributed by atoms with Crippen LogP contribution in [-0.2, 0) is 0 Å². The summed E-state index contributed by atoms with van der Waals surface area (Å²) in [7, 11) is 0. The van der Waals surface area contributed by atoms with E-state index in [-0.39, 0.29) is 30.5 Å². The molecule has 0 spiro atoms. The van der Waals surface area contributed by atoms with Crippen LogP contribution in [0.4, 0.5) is 22.2 Å². The molecule has 0 radical (unpaired) electrons. The summed E-state index contributed by atoms with van der Waals surface area (Å²) >= 11 is 0. The highest BCUT2D eigenvalue weighted by molar-refractivity contribution is 5.71. The van der Waals surface area contributed by atoms with Crippen LogP contribution < -0.4 is 27.6 Å². The number of nitrogens with two attached hydrogens (primary N) is 2. The van der Waals surface area contributed by atoms with Gasteiger partial charge in [-0.3, -0.25) is 15.5 Å². The Morgan fingerprint density at radius 3 is 2.78 bits per heavy atom. The highest BCUT2D eigenvalue weighted by Gasteiger charge is 2.16. The molecular formula is C7H12N8O3. The summed E-state index contributed by atoms with van der Waals surface area (Å²) in [4.78, 5) is 27.9. The number of nitro groups is 1. The molecule has 0 atom stereocenters. The summed E-state index contributed by atoms with van der Waals surface area (Å²) in [6.45, 7) is 0.409. The van der Waals surface area contributed by atoms with Crippen LogP contribution in [0.5, 0.6) is 0 Å². The molecule has 0 saturated heterocycles. The number of carbonyl (C=O) groups is 1. The van der Waals surface area contributed by atoms with Crippen LogP contribution in [0.1, 0.15) is 0 Å². The van der Waals surface area contributed by atoms with E-state index >= 15 is 0 Å². The molecule has 7 N–H and O–H groups in total. The monoisotopic (exact) mass is 256 g/mol. The summed E-state index contributed by atoms with van der Waals surface area (Å²) < 4.78 is 0. The average Bonchev–Trinajstić information content (AvgIpc) is 2.33. The summed E-state index contributed by atoms with van der Waals surface area (Å²) in [5, 5.41) is 15.7. The van der Waals surface area contributed by atoms with Crippen LogP contribution in [0.2, 0.25) is 0 Å². The first kappa shape index (κ1) is 13.4. The summed E-state index contributed by atoms with van der Waals surface area (Å²) in [6.07, 6.45) is 1.02. The first-order valence-electron chi connectivity index (χ1n) is 4.80. The number of hydrogen-bond acceptors (Lipinski definition) is 8. The lowest BCUT2D eigenvalue weighted by Crippen LogP contribution is -2.33. The molecule has 0 bridgehead atoms. The number of aromatic nitrogens is 2. The molecule has 18 heavy (non-hydrogen) atoms. The van der Waals surface area contributed by atoms with Crippen molar-refractivity contribution in [2.75, 3.05) is 23.8 Å². The van der Waals surface area contributed by atoms with E-state index in [4.69, 9.17) is 11.6 Å². The lowest BCUT2D eigenvalue weighted by atomic mass is 10.4. The average molecular weight is 256 g/mol. The van der Waals surface area contributed by atoms with Gasteiger partial charge in [-0.05, 0) is 0 Å². The molecule has 1 heterocycles. The van der Waals surface area contributed by atoms with Crippen molar-refractivity contribution in [3.63, 3.8) is 0 Å². The van der Waals surface area contributed by atoms with Gasteiger partial charge < -0.3 is 16.4 Å². The molecule has 0 aliphatic rings. The van der Waals surface area contributed by atoms with Crippen molar-refractivity contribution in [3.05, 3.63) is 16.3 Å². The van der Waals surface area contributed by atoms with Crippen molar-refractivity contribution in [3.8, 4) is 0 Å². The first-order chi connectivity index (χ1) is 8.54. The minimum Gasteiger partial charge on any atom is -0.362 e. The molecule has 1 aromatic heterocycles. The van der Waals surface area contributed by atoms with E-state index in [0.29, 0.717) is 0 Å². The number of nitrogen functional groups attached to an aromatic ring is 1. The summed E-state index contributed by atoms with van der Waals surface area (Å²) in [5.41, 5.74) is 6.73. The number of urea groups is 1. The molecule has 0 aliphatic carbocycles. The van der Waals surface area contributed by atoms with Crippen LogP contribution in [0.15, 0.2) is 6.20 Å². The lowest BCUT2D eigenvalue weighted by molar-refractivity contribution is -0.384. The van der Waals surface area contributed by atoms with Gasteiger partial charge in [0.2, 0.25) is 11.8 Å². The smallest absolute Gasteiger partial charge is 0.329 e. The Bertz CT molecular complexity index is 450. The number of hydrogen-bond donors (Lipinski definition) is 5. The second-order valence-corrected chi connectivity index (χ2v) is 3.05. The van der Waals surface area contributed by atoms with Gasteiger partial charge in [-0.2, -0.15) is 4.98 Å². The minimum atomic E-state index is -0.682. The third-order valence-electron chi connectivity index (χ3n) is 1.81. The van der Waals surface area contributed by atoms with Crippen molar-refractivity contribution in [1.29, 1.82) is 0 Å². The number of rotatable bonds is 6. The number of nitrogens with zero attached hydrogens (tertiary/aromatic N) is 3. The second kappa shape index (κ2) is 6.15. The highest BCUT2D eigenvalue weighted by Crippen LogP contribution is 2.21. The van der Waals surface area contributed by atoms with E-state index in [1.807, 2.05) is 0 Å². The maximum atomic E-state index is 10.7. The van der Waals surface area contributed by atoms with Gasteiger partial charge in [0.1, 0.15) is 6.20 Å². The zero-order valence-electron chi connectivity index (χ0n) is 9.21. The lowest BCUT2D eigenvalue weighted by Gasteiger charge is -2.07. The van der Waals surface area contributed by atoms with Crippen molar-refractivity contribution in [2.45, 2.75) is 0 Å². The quantitative estimate of drug-likeness (QED) is 0.181. The number of hydrazine groups is 1. The minimum absolute atomic E-state index is 0.00535. The van der Waals surface area contributed by atoms with E-state index in [9.17, 15) is 14.9 Å². The van der Waals surface area contributed by atoms with Gasteiger partial charge in [0, 0.05) is 13.1 Å². The number of nitrogens with one attached hydrogen (secondary N) is 3. The first-order valence-corrected chi connectivity index (χ1v) is 4.80. The van der Waals surface area contributed by atoms with Crippen molar-refractivity contribution in [2.24, 2.45) is 11.6 Å². The Kier molecular flexibility index (Phi) is 4.57. The largest absolute Gasteiger partial charge is 0.362 e. The van der Waals surface area contributed by atoms with E-state index in [2.05, 4.69) is 26.0 Å². The van der Waals surface area contributed by atoms with Gasteiger partial charge in [-0.1, -0.05) is 0 Å². The standard InChI is InChI=1S/C7H12N8O3/c8-6(16)11-2-1-10-5-4(15(17)18)3-12-7(13-5)14-9/h3H,1-2,9H2,(H3,8,11,16)(H2,10,12,13,14). The van der Waals surface area contributed by atoms with Crippen LogP contribution in [-0.4, -0.2) is 34.0 Å². The molecule has 0 unspecified atom stereocenters.